The molecule has 1 saturated carbocycles. The van der Waals surface area contributed by atoms with E-state index in [0.717, 1.165) is 47.5 Å². The number of hydrogen-bond donors (Lipinski definition) is 1. The fraction of sp³-hybridized carbons (Fsp3) is 0.286. The number of benzene rings is 1. The van der Waals surface area contributed by atoms with Gasteiger partial charge in [0.15, 0.2) is 0 Å². The van der Waals surface area contributed by atoms with Crippen LogP contribution >= 0.6 is 0 Å². The van der Waals surface area contributed by atoms with Crippen LogP contribution < -0.4 is 5.32 Å². The number of carbonyl (C=O) groups is 1. The fourth-order valence-corrected chi connectivity index (χ4v) is 3.75. The van der Waals surface area contributed by atoms with Crippen molar-refractivity contribution in [1.82, 2.24) is 20.1 Å². The Morgan fingerprint density at radius 2 is 2.11 bits per heavy atom. The Labute approximate surface area is 156 Å². The van der Waals surface area contributed by atoms with Crippen molar-refractivity contribution < 1.29 is 9.18 Å². The molecule has 1 aromatic carbocycles. The van der Waals surface area contributed by atoms with Gasteiger partial charge in [-0.2, -0.15) is 5.10 Å². The van der Waals surface area contributed by atoms with Gasteiger partial charge in [-0.3, -0.25) is 9.78 Å². The maximum Gasteiger partial charge on any atom is 0.254 e. The van der Waals surface area contributed by atoms with Gasteiger partial charge in [-0.1, -0.05) is 6.07 Å². The van der Waals surface area contributed by atoms with Crippen LogP contribution in [-0.4, -0.2) is 27.2 Å². The lowest BCUT2D eigenvalue weighted by molar-refractivity contribution is 0.0945. The molecule has 2 aliphatic rings. The number of nitrogens with one attached hydrogen (secondary N) is 1. The van der Waals surface area contributed by atoms with Gasteiger partial charge in [-0.25, -0.2) is 9.07 Å². The average Bonchev–Trinajstić information content (AvgIpc) is 3.41. The van der Waals surface area contributed by atoms with Crippen molar-refractivity contribution >= 4 is 5.91 Å². The molecular weight excluding hydrogens is 343 g/mol. The zero-order valence-corrected chi connectivity index (χ0v) is 14.8. The molecule has 1 aliphatic heterocycles. The third-order valence-corrected chi connectivity index (χ3v) is 5.22. The zero-order chi connectivity index (χ0) is 18.4. The van der Waals surface area contributed by atoms with Crippen molar-refractivity contribution in [2.75, 3.05) is 6.54 Å². The monoisotopic (exact) mass is 362 g/mol. The van der Waals surface area contributed by atoms with E-state index in [4.69, 9.17) is 0 Å². The molecule has 3 aromatic rings. The molecule has 6 heteroatoms. The fourth-order valence-electron chi connectivity index (χ4n) is 3.75. The highest BCUT2D eigenvalue weighted by atomic mass is 19.1. The number of hydrogen-bond acceptors (Lipinski definition) is 3. The third-order valence-electron chi connectivity index (χ3n) is 5.22. The van der Waals surface area contributed by atoms with E-state index in [0.29, 0.717) is 24.4 Å². The largest absolute Gasteiger partial charge is 0.352 e. The molecule has 1 aliphatic carbocycles. The number of amides is 1. The Kier molecular flexibility index (Phi) is 3.77. The molecule has 0 unspecified atom stereocenters. The van der Waals surface area contributed by atoms with E-state index in [1.165, 1.54) is 0 Å². The standard InChI is InChI=1S/C21H19FN4O/c22-16-8-13(7-15(10-16)14-1-2-14)9-17-11-18(3-5-23-17)26-20-4-6-24-21(27)19(20)12-25-26/h3,5,7-8,10-12,14H,1-2,4,6,9H2,(H,24,27). The summed E-state index contributed by atoms with van der Waals surface area (Å²) in [4.78, 5) is 16.4. The first-order chi connectivity index (χ1) is 13.2. The van der Waals surface area contributed by atoms with Gasteiger partial charge in [0.25, 0.3) is 5.91 Å². The summed E-state index contributed by atoms with van der Waals surface area (Å²) in [5, 5.41) is 7.23. The van der Waals surface area contributed by atoms with E-state index in [-0.39, 0.29) is 11.7 Å². The maximum atomic E-state index is 14.0. The van der Waals surface area contributed by atoms with Gasteiger partial charge < -0.3 is 5.32 Å². The second-order valence-corrected chi connectivity index (χ2v) is 7.27. The highest BCUT2D eigenvalue weighted by Gasteiger charge is 2.24. The normalized spacial score (nSPS) is 16.1. The van der Waals surface area contributed by atoms with Gasteiger partial charge in [0.05, 0.1) is 23.1 Å². The van der Waals surface area contributed by atoms with Gasteiger partial charge in [-0.15, -0.1) is 0 Å². The molecule has 1 fully saturated rings. The number of carbonyl (C=O) groups excluding carboxylic acids is 1. The van der Waals surface area contributed by atoms with E-state index < -0.39 is 0 Å². The second kappa shape index (κ2) is 6.30. The summed E-state index contributed by atoms with van der Waals surface area (Å²) < 4.78 is 15.8. The SMILES string of the molecule is O=C1NCCc2c1cnn2-c1ccnc(Cc2cc(F)cc(C3CC3)c2)c1. The molecule has 3 heterocycles. The number of fused-ring (bicyclic) bond motifs is 1. The van der Waals surface area contributed by atoms with E-state index in [1.54, 1.807) is 29.2 Å². The van der Waals surface area contributed by atoms with Crippen LogP contribution in [0.3, 0.4) is 0 Å². The Morgan fingerprint density at radius 1 is 1.22 bits per heavy atom. The van der Waals surface area contributed by atoms with Crippen LogP contribution in [-0.2, 0) is 12.8 Å². The van der Waals surface area contributed by atoms with Crippen molar-refractivity contribution in [2.24, 2.45) is 0 Å². The van der Waals surface area contributed by atoms with Crippen molar-refractivity contribution in [3.05, 3.63) is 76.6 Å². The molecule has 0 bridgehead atoms. The molecule has 0 saturated heterocycles. The minimum absolute atomic E-state index is 0.0795. The van der Waals surface area contributed by atoms with Crippen molar-refractivity contribution in [3.8, 4) is 5.69 Å². The molecule has 5 nitrogen and oxygen atoms in total. The van der Waals surface area contributed by atoms with E-state index >= 15 is 0 Å². The van der Waals surface area contributed by atoms with Crippen LogP contribution in [0, 0.1) is 5.82 Å². The lowest BCUT2D eigenvalue weighted by Gasteiger charge is -2.15. The van der Waals surface area contributed by atoms with Crippen molar-refractivity contribution in [3.63, 3.8) is 0 Å². The van der Waals surface area contributed by atoms with E-state index in [1.807, 2.05) is 12.1 Å². The summed E-state index contributed by atoms with van der Waals surface area (Å²) in [5.41, 5.74) is 5.28. The highest BCUT2D eigenvalue weighted by molar-refractivity contribution is 5.96. The predicted octanol–water partition coefficient (Wildman–Crippen LogP) is 3.16. The number of nitrogens with zero attached hydrogens (tertiary/aromatic N) is 3. The van der Waals surface area contributed by atoms with E-state index in [2.05, 4.69) is 21.5 Å². The summed E-state index contributed by atoms with van der Waals surface area (Å²) in [6, 6.07) is 9.16. The van der Waals surface area contributed by atoms with Crippen molar-refractivity contribution in [2.45, 2.75) is 31.6 Å². The van der Waals surface area contributed by atoms with Gasteiger partial charge in [0, 0.05) is 31.3 Å². The zero-order valence-electron chi connectivity index (χ0n) is 14.8. The second-order valence-electron chi connectivity index (χ2n) is 7.27. The van der Waals surface area contributed by atoms with Gasteiger partial charge in [0.2, 0.25) is 0 Å². The number of pyridine rings is 1. The molecule has 2 aromatic heterocycles. The van der Waals surface area contributed by atoms with Crippen LogP contribution in [0.25, 0.3) is 5.69 Å². The lowest BCUT2D eigenvalue weighted by atomic mass is 10.0. The Balaban J connectivity index is 1.46. The first-order valence-electron chi connectivity index (χ1n) is 9.27. The summed E-state index contributed by atoms with van der Waals surface area (Å²) in [6.45, 7) is 0.614. The predicted molar refractivity (Wildman–Crippen MR) is 98.6 cm³/mol. The molecule has 136 valence electrons. The lowest BCUT2D eigenvalue weighted by Crippen LogP contribution is -2.32. The number of rotatable bonds is 4. The molecule has 0 spiro atoms. The maximum absolute atomic E-state index is 14.0. The van der Waals surface area contributed by atoms with Crippen LogP contribution in [0.4, 0.5) is 4.39 Å². The average molecular weight is 362 g/mol. The number of aromatic nitrogens is 3. The topological polar surface area (TPSA) is 59.8 Å². The molecule has 27 heavy (non-hydrogen) atoms. The molecule has 1 N–H and O–H groups in total. The Bertz CT molecular complexity index is 1040. The van der Waals surface area contributed by atoms with E-state index in [9.17, 15) is 9.18 Å². The quantitative estimate of drug-likeness (QED) is 0.776. The molecule has 0 radical (unpaired) electrons. The van der Waals surface area contributed by atoms with Crippen LogP contribution in [0.5, 0.6) is 0 Å². The molecule has 5 rings (SSSR count). The molecular formula is C21H19FN4O. The summed E-state index contributed by atoms with van der Waals surface area (Å²) in [5.74, 6) is 0.252. The highest BCUT2D eigenvalue weighted by Crippen LogP contribution is 2.40. The summed E-state index contributed by atoms with van der Waals surface area (Å²) in [7, 11) is 0. The van der Waals surface area contributed by atoms with Gasteiger partial charge in [-0.05, 0) is 54.2 Å². The van der Waals surface area contributed by atoms with Crippen molar-refractivity contribution in [1.29, 1.82) is 0 Å². The first-order valence-corrected chi connectivity index (χ1v) is 9.27. The van der Waals surface area contributed by atoms with Crippen LogP contribution in [0.15, 0.2) is 42.7 Å². The first kappa shape index (κ1) is 16.2. The molecule has 0 atom stereocenters. The van der Waals surface area contributed by atoms with Gasteiger partial charge >= 0.3 is 0 Å². The van der Waals surface area contributed by atoms with Crippen LogP contribution in [0.1, 0.15) is 51.6 Å². The number of halogens is 1. The minimum Gasteiger partial charge on any atom is -0.352 e. The molecule has 1 amide bonds. The third kappa shape index (κ3) is 3.12. The van der Waals surface area contributed by atoms with Gasteiger partial charge in [0.1, 0.15) is 5.82 Å². The minimum atomic E-state index is -0.183. The summed E-state index contributed by atoms with van der Waals surface area (Å²) in [6.07, 6.45) is 6.95. The van der Waals surface area contributed by atoms with Crippen LogP contribution in [0.2, 0.25) is 0 Å². The smallest absolute Gasteiger partial charge is 0.254 e. The Morgan fingerprint density at radius 3 is 2.96 bits per heavy atom. The summed E-state index contributed by atoms with van der Waals surface area (Å²) >= 11 is 0. The Hall–Kier alpha value is -3.02.